The third kappa shape index (κ3) is 4.15. The van der Waals surface area contributed by atoms with Gasteiger partial charge in [-0.3, -0.25) is 0 Å². The highest BCUT2D eigenvalue weighted by atomic mass is 19.1. The number of anilines is 2. The molecular weight excluding hydrogens is 327 g/mol. The number of halogens is 1. The van der Waals surface area contributed by atoms with Gasteiger partial charge in [0.1, 0.15) is 11.6 Å². The fraction of sp³-hybridized carbons (Fsp3) is 0.476. The topological polar surface area (TPSA) is 31.4 Å². The molecule has 1 aromatic carbocycles. The molecule has 1 saturated carbocycles. The summed E-state index contributed by atoms with van der Waals surface area (Å²) in [4.78, 5) is 9.24. The predicted octanol–water partition coefficient (Wildman–Crippen LogP) is 3.58. The van der Waals surface area contributed by atoms with Gasteiger partial charge in [-0.15, -0.1) is 0 Å². The summed E-state index contributed by atoms with van der Waals surface area (Å²) in [5, 5.41) is 3.68. The molecule has 0 unspecified atom stereocenters. The van der Waals surface area contributed by atoms with Crippen LogP contribution >= 0.6 is 0 Å². The fourth-order valence-corrected chi connectivity index (χ4v) is 3.98. The monoisotopic (exact) mass is 354 g/mol. The molecule has 1 aliphatic heterocycles. The van der Waals surface area contributed by atoms with Crippen molar-refractivity contribution in [2.45, 2.75) is 38.3 Å². The van der Waals surface area contributed by atoms with Crippen LogP contribution in [0.2, 0.25) is 0 Å². The van der Waals surface area contributed by atoms with E-state index in [-0.39, 0.29) is 5.82 Å². The van der Waals surface area contributed by atoms with Crippen LogP contribution in [0.15, 0.2) is 42.6 Å². The zero-order valence-electron chi connectivity index (χ0n) is 15.2. The number of aromatic nitrogens is 1. The highest BCUT2D eigenvalue weighted by Gasteiger charge is 2.19. The van der Waals surface area contributed by atoms with Gasteiger partial charge in [0.2, 0.25) is 0 Å². The summed E-state index contributed by atoms with van der Waals surface area (Å²) in [6.07, 6.45) is 7.26. The molecule has 1 N–H and O–H groups in total. The first kappa shape index (κ1) is 17.3. The van der Waals surface area contributed by atoms with Gasteiger partial charge in [0.15, 0.2) is 0 Å². The minimum atomic E-state index is -0.181. The van der Waals surface area contributed by atoms with Gasteiger partial charge in [-0.2, -0.15) is 0 Å². The maximum absolute atomic E-state index is 13.1. The van der Waals surface area contributed by atoms with Gasteiger partial charge in [-0.25, -0.2) is 9.37 Å². The van der Waals surface area contributed by atoms with Gasteiger partial charge < -0.3 is 15.1 Å². The number of nitrogens with zero attached hydrogens (tertiary/aromatic N) is 3. The van der Waals surface area contributed by atoms with Crippen molar-refractivity contribution in [2.24, 2.45) is 0 Å². The Balaban J connectivity index is 1.33. The third-order valence-corrected chi connectivity index (χ3v) is 5.56. The highest BCUT2D eigenvalue weighted by Crippen LogP contribution is 2.21. The van der Waals surface area contributed by atoms with Gasteiger partial charge in [0.25, 0.3) is 0 Å². The second-order valence-electron chi connectivity index (χ2n) is 7.34. The van der Waals surface area contributed by atoms with Crippen LogP contribution in [0.3, 0.4) is 0 Å². The molecule has 2 fully saturated rings. The first-order valence-corrected chi connectivity index (χ1v) is 9.72. The van der Waals surface area contributed by atoms with Crippen LogP contribution in [0.1, 0.15) is 31.2 Å². The number of hydrogen-bond donors (Lipinski definition) is 1. The minimum absolute atomic E-state index is 0.181. The third-order valence-electron chi connectivity index (χ3n) is 5.56. The molecule has 2 aromatic rings. The lowest BCUT2D eigenvalue weighted by molar-refractivity contribution is 0.524. The molecule has 1 saturated heterocycles. The number of benzene rings is 1. The molecule has 1 aromatic heterocycles. The van der Waals surface area contributed by atoms with Crippen LogP contribution in [0.25, 0.3) is 0 Å². The smallest absolute Gasteiger partial charge is 0.128 e. The van der Waals surface area contributed by atoms with E-state index < -0.39 is 0 Å². The van der Waals surface area contributed by atoms with Crippen molar-refractivity contribution < 1.29 is 4.39 Å². The van der Waals surface area contributed by atoms with Crippen molar-refractivity contribution in [3.8, 4) is 0 Å². The van der Waals surface area contributed by atoms with Crippen LogP contribution in [-0.2, 0) is 6.54 Å². The van der Waals surface area contributed by atoms with Crippen molar-refractivity contribution in [3.63, 3.8) is 0 Å². The number of piperazine rings is 1. The van der Waals surface area contributed by atoms with Gasteiger partial charge in [0, 0.05) is 50.6 Å². The van der Waals surface area contributed by atoms with Crippen LogP contribution in [0, 0.1) is 5.82 Å². The Morgan fingerprint density at radius 1 is 0.962 bits per heavy atom. The van der Waals surface area contributed by atoms with Crippen molar-refractivity contribution in [2.75, 3.05) is 36.0 Å². The molecule has 4 rings (SSSR count). The summed E-state index contributed by atoms with van der Waals surface area (Å²) >= 11 is 0. The summed E-state index contributed by atoms with van der Waals surface area (Å²) in [6, 6.07) is 11.8. The number of nitrogens with one attached hydrogen (secondary N) is 1. The van der Waals surface area contributed by atoms with Crippen molar-refractivity contribution >= 4 is 11.5 Å². The molecule has 26 heavy (non-hydrogen) atoms. The first-order chi connectivity index (χ1) is 12.8. The van der Waals surface area contributed by atoms with Gasteiger partial charge in [-0.1, -0.05) is 12.8 Å². The standard InChI is InChI=1S/C21H27FN4/c22-18-5-7-20(8-6-18)25-11-13-26(14-12-25)21-15-17(9-10-23-21)16-24-19-3-1-2-4-19/h5-10,15,19,24H,1-4,11-14,16H2. The van der Waals surface area contributed by atoms with E-state index in [1.807, 2.05) is 18.3 Å². The lowest BCUT2D eigenvalue weighted by Gasteiger charge is -2.36. The van der Waals surface area contributed by atoms with Gasteiger partial charge in [0.05, 0.1) is 0 Å². The Morgan fingerprint density at radius 2 is 1.65 bits per heavy atom. The normalized spacial score (nSPS) is 18.5. The van der Waals surface area contributed by atoms with E-state index in [9.17, 15) is 4.39 Å². The molecule has 1 aliphatic carbocycles. The van der Waals surface area contributed by atoms with E-state index in [0.717, 1.165) is 44.2 Å². The average Bonchev–Trinajstić information content (AvgIpc) is 3.21. The highest BCUT2D eigenvalue weighted by molar-refractivity contribution is 5.49. The zero-order valence-corrected chi connectivity index (χ0v) is 15.2. The van der Waals surface area contributed by atoms with Crippen molar-refractivity contribution in [3.05, 3.63) is 54.0 Å². The maximum atomic E-state index is 13.1. The molecule has 5 heteroatoms. The quantitative estimate of drug-likeness (QED) is 0.889. The molecule has 0 radical (unpaired) electrons. The largest absolute Gasteiger partial charge is 0.368 e. The predicted molar refractivity (Wildman–Crippen MR) is 104 cm³/mol. The molecule has 2 aliphatic rings. The van der Waals surface area contributed by atoms with E-state index >= 15 is 0 Å². The molecule has 0 atom stereocenters. The second kappa shape index (κ2) is 8.04. The molecule has 4 nitrogen and oxygen atoms in total. The van der Waals surface area contributed by atoms with E-state index in [2.05, 4.69) is 32.2 Å². The molecule has 2 heterocycles. The van der Waals surface area contributed by atoms with Crippen LogP contribution in [0.4, 0.5) is 15.9 Å². The second-order valence-corrected chi connectivity index (χ2v) is 7.34. The number of rotatable bonds is 5. The van der Waals surface area contributed by atoms with E-state index in [4.69, 9.17) is 0 Å². The van der Waals surface area contributed by atoms with Crippen LogP contribution in [0.5, 0.6) is 0 Å². The first-order valence-electron chi connectivity index (χ1n) is 9.72. The summed E-state index contributed by atoms with van der Waals surface area (Å²) in [5.74, 6) is 0.883. The fourth-order valence-electron chi connectivity index (χ4n) is 3.98. The van der Waals surface area contributed by atoms with E-state index in [1.165, 1.54) is 43.4 Å². The molecule has 138 valence electrons. The van der Waals surface area contributed by atoms with Gasteiger partial charge >= 0.3 is 0 Å². The van der Waals surface area contributed by atoms with Crippen LogP contribution in [-0.4, -0.2) is 37.2 Å². The Kier molecular flexibility index (Phi) is 5.34. The number of hydrogen-bond acceptors (Lipinski definition) is 4. The SMILES string of the molecule is Fc1ccc(N2CCN(c3cc(CNC4CCCC4)ccn3)CC2)cc1. The molecule has 0 bridgehead atoms. The van der Waals surface area contributed by atoms with Gasteiger partial charge in [-0.05, 0) is 54.8 Å². The maximum Gasteiger partial charge on any atom is 0.128 e. The Bertz CT molecular complexity index is 704. The number of pyridine rings is 1. The van der Waals surface area contributed by atoms with Crippen LogP contribution < -0.4 is 15.1 Å². The minimum Gasteiger partial charge on any atom is -0.368 e. The van der Waals surface area contributed by atoms with E-state index in [1.54, 1.807) is 0 Å². The summed E-state index contributed by atoms with van der Waals surface area (Å²) in [5.41, 5.74) is 2.40. The lowest BCUT2D eigenvalue weighted by Crippen LogP contribution is -2.46. The molecule has 0 amide bonds. The summed E-state index contributed by atoms with van der Waals surface area (Å²) in [7, 11) is 0. The van der Waals surface area contributed by atoms with E-state index in [0.29, 0.717) is 6.04 Å². The molecular formula is C21H27FN4. The zero-order chi connectivity index (χ0) is 17.8. The van der Waals surface area contributed by atoms with Crippen molar-refractivity contribution in [1.82, 2.24) is 10.3 Å². The summed E-state index contributed by atoms with van der Waals surface area (Å²) < 4.78 is 13.1. The Labute approximate surface area is 155 Å². The Morgan fingerprint density at radius 3 is 2.38 bits per heavy atom. The summed E-state index contributed by atoms with van der Waals surface area (Å²) in [6.45, 7) is 4.65. The lowest BCUT2D eigenvalue weighted by atomic mass is 10.2. The average molecular weight is 354 g/mol. The Hall–Kier alpha value is -2.14. The molecule has 0 spiro atoms. The van der Waals surface area contributed by atoms with Crippen molar-refractivity contribution in [1.29, 1.82) is 0 Å².